The van der Waals surface area contributed by atoms with Crippen LogP contribution in [-0.2, 0) is 13.3 Å². The fourth-order valence-corrected chi connectivity index (χ4v) is 7.35. The van der Waals surface area contributed by atoms with E-state index >= 15 is 0 Å². The van der Waals surface area contributed by atoms with Crippen molar-refractivity contribution in [1.82, 2.24) is 0 Å². The molecule has 3 nitrogen and oxygen atoms in total. The van der Waals surface area contributed by atoms with Gasteiger partial charge in [-0.2, -0.15) is 0 Å². The van der Waals surface area contributed by atoms with E-state index in [-0.39, 0.29) is 11.1 Å². The Bertz CT molecular complexity index is 317. The van der Waals surface area contributed by atoms with Gasteiger partial charge in [0.2, 0.25) is 8.32 Å². The zero-order valence-electron chi connectivity index (χ0n) is 12.8. The molecular weight excluding hydrogens is 263 g/mol. The summed E-state index contributed by atoms with van der Waals surface area (Å²) < 4.78 is 24.3. The standard InChI is InChI=1S/C13H29O3PSi/c1-13(2,3)18(5,6)16-17(4,14)15-12-10-8-7-9-11-12/h12H,7-11H2,1-6H3. The highest BCUT2D eigenvalue weighted by Gasteiger charge is 2.42. The third-order valence-corrected chi connectivity index (χ3v) is 11.5. The summed E-state index contributed by atoms with van der Waals surface area (Å²) in [4.78, 5) is 0. The Labute approximate surface area is 113 Å². The van der Waals surface area contributed by atoms with Crippen molar-refractivity contribution in [3.63, 3.8) is 0 Å². The van der Waals surface area contributed by atoms with Crippen molar-refractivity contribution >= 4 is 15.9 Å². The van der Waals surface area contributed by atoms with Crippen LogP contribution in [0.25, 0.3) is 0 Å². The number of rotatable bonds is 4. The quantitative estimate of drug-likeness (QED) is 0.529. The largest absolute Gasteiger partial charge is 0.350 e. The summed E-state index contributed by atoms with van der Waals surface area (Å²) >= 11 is 0. The Balaban J connectivity index is 2.61. The first-order valence-corrected chi connectivity index (χ1v) is 11.9. The van der Waals surface area contributed by atoms with Gasteiger partial charge in [-0.15, -0.1) is 0 Å². The van der Waals surface area contributed by atoms with Crippen LogP contribution in [0.5, 0.6) is 0 Å². The molecule has 108 valence electrons. The van der Waals surface area contributed by atoms with Crippen LogP contribution >= 0.6 is 7.60 Å². The molecule has 0 spiro atoms. The molecular formula is C13H29O3PSi. The van der Waals surface area contributed by atoms with Crippen LogP contribution in [-0.4, -0.2) is 21.1 Å². The highest BCUT2D eigenvalue weighted by Crippen LogP contribution is 2.53. The highest BCUT2D eigenvalue weighted by molar-refractivity contribution is 7.54. The molecule has 1 rings (SSSR count). The minimum atomic E-state index is -2.92. The molecule has 0 N–H and O–H groups in total. The average Bonchev–Trinajstić information content (AvgIpc) is 2.14. The summed E-state index contributed by atoms with van der Waals surface area (Å²) in [6, 6.07) is 0. The van der Waals surface area contributed by atoms with Crippen LogP contribution in [0.2, 0.25) is 18.1 Å². The molecule has 0 aromatic carbocycles. The Morgan fingerprint density at radius 3 is 2.06 bits per heavy atom. The van der Waals surface area contributed by atoms with Gasteiger partial charge in [-0.1, -0.05) is 40.0 Å². The maximum absolute atomic E-state index is 12.5. The Kier molecular flexibility index (Phi) is 5.27. The Morgan fingerprint density at radius 2 is 1.61 bits per heavy atom. The van der Waals surface area contributed by atoms with Gasteiger partial charge >= 0.3 is 7.60 Å². The second-order valence-corrected chi connectivity index (χ2v) is 14.0. The smallest absolute Gasteiger partial charge is 0.318 e. The second kappa shape index (κ2) is 5.78. The molecule has 1 saturated carbocycles. The molecule has 0 aliphatic heterocycles. The van der Waals surface area contributed by atoms with E-state index in [1.54, 1.807) is 6.66 Å². The predicted molar refractivity (Wildman–Crippen MR) is 79.8 cm³/mol. The van der Waals surface area contributed by atoms with Crippen molar-refractivity contribution in [1.29, 1.82) is 0 Å². The molecule has 0 heterocycles. The van der Waals surface area contributed by atoms with Crippen molar-refractivity contribution < 1.29 is 13.3 Å². The lowest BCUT2D eigenvalue weighted by Gasteiger charge is -2.38. The van der Waals surface area contributed by atoms with Crippen molar-refractivity contribution in [3.05, 3.63) is 0 Å². The van der Waals surface area contributed by atoms with Crippen molar-refractivity contribution in [2.75, 3.05) is 6.66 Å². The van der Waals surface area contributed by atoms with E-state index in [2.05, 4.69) is 33.9 Å². The van der Waals surface area contributed by atoms with Crippen molar-refractivity contribution in [2.24, 2.45) is 0 Å². The summed E-state index contributed by atoms with van der Waals surface area (Å²) in [6.45, 7) is 12.3. The van der Waals surface area contributed by atoms with Gasteiger partial charge in [0.05, 0.1) is 6.10 Å². The number of hydrogen-bond acceptors (Lipinski definition) is 3. The summed E-state index contributed by atoms with van der Waals surface area (Å²) in [5.74, 6) is 0. The molecule has 0 aromatic rings. The van der Waals surface area contributed by atoms with Gasteiger partial charge in [0.15, 0.2) is 0 Å². The summed E-state index contributed by atoms with van der Waals surface area (Å²) in [5.41, 5.74) is 0. The SMILES string of the molecule is CC(C)(C)[Si](C)(C)OP(C)(=O)OC1CCCCC1. The normalized spacial score (nSPS) is 22.8. The molecule has 1 unspecified atom stereocenters. The fourth-order valence-electron chi connectivity index (χ4n) is 2.01. The lowest BCUT2D eigenvalue weighted by molar-refractivity contribution is 0.138. The summed E-state index contributed by atoms with van der Waals surface area (Å²) in [5, 5.41) is 0.0641. The average molecular weight is 292 g/mol. The van der Waals surface area contributed by atoms with Crippen LogP contribution in [0.15, 0.2) is 0 Å². The molecule has 1 atom stereocenters. The van der Waals surface area contributed by atoms with E-state index in [0.717, 1.165) is 12.8 Å². The van der Waals surface area contributed by atoms with Crippen molar-refractivity contribution in [2.45, 2.75) is 77.1 Å². The van der Waals surface area contributed by atoms with Gasteiger partial charge < -0.3 is 8.74 Å². The van der Waals surface area contributed by atoms with Gasteiger partial charge in [0.1, 0.15) is 0 Å². The van der Waals surface area contributed by atoms with Crippen LogP contribution in [0.1, 0.15) is 52.9 Å². The van der Waals surface area contributed by atoms with E-state index in [4.69, 9.17) is 8.74 Å². The zero-order valence-corrected chi connectivity index (χ0v) is 14.7. The molecule has 1 aliphatic carbocycles. The van der Waals surface area contributed by atoms with Crippen molar-refractivity contribution in [3.8, 4) is 0 Å². The Morgan fingerprint density at radius 1 is 1.11 bits per heavy atom. The minimum absolute atomic E-state index is 0.0641. The first-order valence-electron chi connectivity index (χ1n) is 7.00. The van der Waals surface area contributed by atoms with Gasteiger partial charge in [-0.25, -0.2) is 0 Å². The van der Waals surface area contributed by atoms with Gasteiger partial charge in [-0.05, 0) is 31.0 Å². The molecule has 0 amide bonds. The van der Waals surface area contributed by atoms with Crippen LogP contribution < -0.4 is 0 Å². The van der Waals surface area contributed by atoms with Crippen LogP contribution in [0.3, 0.4) is 0 Å². The van der Waals surface area contributed by atoms with Crippen LogP contribution in [0.4, 0.5) is 0 Å². The Hall–Kier alpha value is 0.367. The topological polar surface area (TPSA) is 35.5 Å². The molecule has 5 heteroatoms. The number of hydrogen-bond donors (Lipinski definition) is 0. The first kappa shape index (κ1) is 16.4. The minimum Gasteiger partial charge on any atom is -0.350 e. The lowest BCUT2D eigenvalue weighted by atomic mass is 9.98. The van der Waals surface area contributed by atoms with E-state index in [0.29, 0.717) is 0 Å². The lowest BCUT2D eigenvalue weighted by Crippen LogP contribution is -2.40. The second-order valence-electron chi connectivity index (χ2n) is 6.99. The van der Waals surface area contributed by atoms with Gasteiger partial charge in [-0.3, -0.25) is 4.57 Å². The molecule has 0 radical (unpaired) electrons. The van der Waals surface area contributed by atoms with E-state index < -0.39 is 15.9 Å². The molecule has 1 fully saturated rings. The molecule has 18 heavy (non-hydrogen) atoms. The summed E-state index contributed by atoms with van der Waals surface area (Å²) in [6.07, 6.45) is 5.84. The molecule has 1 aliphatic rings. The maximum atomic E-state index is 12.5. The molecule has 0 saturated heterocycles. The first-order chi connectivity index (χ1) is 8.04. The zero-order chi connectivity index (χ0) is 14.0. The van der Waals surface area contributed by atoms with Crippen LogP contribution in [0, 0.1) is 0 Å². The van der Waals surface area contributed by atoms with Gasteiger partial charge in [0, 0.05) is 6.66 Å². The molecule has 0 bridgehead atoms. The highest BCUT2D eigenvalue weighted by atomic mass is 31.2. The van der Waals surface area contributed by atoms with E-state index in [1.165, 1.54) is 19.3 Å². The fraction of sp³-hybridized carbons (Fsp3) is 1.00. The maximum Gasteiger partial charge on any atom is 0.318 e. The predicted octanol–water partition coefficient (Wildman–Crippen LogP) is 5.18. The third kappa shape index (κ3) is 4.80. The van der Waals surface area contributed by atoms with E-state index in [1.807, 2.05) is 0 Å². The monoisotopic (exact) mass is 292 g/mol. The third-order valence-electron chi connectivity index (χ3n) is 4.09. The summed E-state index contributed by atoms with van der Waals surface area (Å²) in [7, 11) is -4.93. The van der Waals surface area contributed by atoms with E-state index in [9.17, 15) is 4.57 Å². The van der Waals surface area contributed by atoms with Gasteiger partial charge in [0.25, 0.3) is 0 Å². The molecule has 0 aromatic heterocycles.